The quantitative estimate of drug-likeness (QED) is 0.164. The highest BCUT2D eigenvalue weighted by Gasteiger charge is 2.58. The third-order valence-electron chi connectivity index (χ3n) is 12.0. The molecule has 1 aliphatic carbocycles. The second kappa shape index (κ2) is 19.1. The van der Waals surface area contributed by atoms with Gasteiger partial charge in [-0.25, -0.2) is 9.59 Å². The van der Waals surface area contributed by atoms with E-state index in [4.69, 9.17) is 71.1 Å². The lowest BCUT2D eigenvalue weighted by Crippen LogP contribution is -2.65. The Morgan fingerprint density at radius 2 is 1.24 bits per heavy atom. The summed E-state index contributed by atoms with van der Waals surface area (Å²) in [4.78, 5) is 41.7. The van der Waals surface area contributed by atoms with Crippen molar-refractivity contribution in [2.75, 3.05) is 61.7 Å². The van der Waals surface area contributed by atoms with E-state index in [1.165, 1.54) is 28.4 Å². The summed E-state index contributed by atoms with van der Waals surface area (Å²) in [5, 5.41) is 10.8. The molecule has 0 spiro atoms. The Balaban J connectivity index is 1.08. The van der Waals surface area contributed by atoms with Gasteiger partial charge in [-0.1, -0.05) is 0 Å². The van der Waals surface area contributed by atoms with E-state index in [0.717, 1.165) is 0 Å². The van der Waals surface area contributed by atoms with Crippen LogP contribution in [0.5, 0.6) is 51.7 Å². The first kappa shape index (κ1) is 44.7. The van der Waals surface area contributed by atoms with E-state index in [9.17, 15) is 19.5 Å². The molecule has 0 amide bonds. The zero-order valence-electron chi connectivity index (χ0n) is 36.5. The summed E-state index contributed by atoms with van der Waals surface area (Å²) in [6, 6.07) is 20.0. The van der Waals surface area contributed by atoms with E-state index in [0.29, 0.717) is 51.2 Å². The number of Topliss-reactive ketones (excluding diaryl/α,β-unsaturated/α-hetero) is 1. The van der Waals surface area contributed by atoms with Crippen LogP contribution >= 0.6 is 0 Å². The molecule has 0 unspecified atom stereocenters. The summed E-state index contributed by atoms with van der Waals surface area (Å²) in [6.45, 7) is 0.237. The number of carbonyl (C=O) groups is 3. The maximum atomic E-state index is 14.1. The zero-order valence-corrected chi connectivity index (χ0v) is 36.5. The van der Waals surface area contributed by atoms with Crippen LogP contribution in [0, 0.1) is 5.92 Å². The number of fused-ring (bicyclic) bond motifs is 4. The molecule has 1 N–H and O–H groups in total. The molecule has 9 rings (SSSR count). The molecule has 4 aromatic rings. The van der Waals surface area contributed by atoms with Gasteiger partial charge in [0.2, 0.25) is 12.5 Å². The van der Waals surface area contributed by atoms with Crippen molar-refractivity contribution in [3.63, 3.8) is 0 Å². The number of ether oxygens (including phenoxy) is 15. The molecule has 0 saturated carbocycles. The summed E-state index contributed by atoms with van der Waals surface area (Å²) in [5.41, 5.74) is 1.70. The van der Waals surface area contributed by atoms with Crippen LogP contribution in [-0.2, 0) is 47.5 Å². The molecular weight excluding hydrogens is 868 g/mol. The lowest BCUT2D eigenvalue weighted by Gasteiger charge is -2.49. The SMILES string of the molecule is COc1ccc(OCC(=O)O[C@@H]2[C@@H](OC(=O)COc3ccc(OC)cc3)[C@H](O[C@@H]3c4cc5c(cc4[C@@H](c4cc(OC)c(O)c(OC)c4)[C@H]4C(=O)CO[C@@H]43)OCO5)O[C@@H]3CO[C@@H](C)O[C@@H]23)cc1. The zero-order chi connectivity index (χ0) is 46.1. The van der Waals surface area contributed by atoms with Crippen molar-refractivity contribution in [1.29, 1.82) is 0 Å². The summed E-state index contributed by atoms with van der Waals surface area (Å²) < 4.78 is 88.8. The fraction of sp³-hybridized carbons (Fsp3) is 0.426. The smallest absolute Gasteiger partial charge is 0.344 e. The Morgan fingerprint density at radius 3 is 1.82 bits per heavy atom. The van der Waals surface area contributed by atoms with Crippen LogP contribution in [0.3, 0.4) is 0 Å². The average Bonchev–Trinajstić information content (AvgIpc) is 3.97. The lowest BCUT2D eigenvalue weighted by atomic mass is 9.68. The highest BCUT2D eigenvalue weighted by molar-refractivity contribution is 5.87. The number of phenolic OH excluding ortho intramolecular Hbond substituents is 1. The molecule has 4 heterocycles. The van der Waals surface area contributed by atoms with Crippen LogP contribution in [-0.4, -0.2) is 128 Å². The third-order valence-corrected chi connectivity index (χ3v) is 12.0. The maximum Gasteiger partial charge on any atom is 0.344 e. The van der Waals surface area contributed by atoms with Crippen LogP contribution in [0.1, 0.15) is 35.6 Å². The predicted octanol–water partition coefficient (Wildman–Crippen LogP) is 4.41. The minimum Gasteiger partial charge on any atom is -0.502 e. The van der Waals surface area contributed by atoms with Gasteiger partial charge in [-0.2, -0.15) is 0 Å². The molecule has 3 fully saturated rings. The van der Waals surface area contributed by atoms with E-state index < -0.39 is 86.2 Å². The van der Waals surface area contributed by atoms with E-state index >= 15 is 0 Å². The fourth-order valence-electron chi connectivity index (χ4n) is 8.88. The van der Waals surface area contributed by atoms with Crippen LogP contribution in [0.4, 0.5) is 0 Å². The van der Waals surface area contributed by atoms with Gasteiger partial charge in [0.1, 0.15) is 47.9 Å². The predicted molar refractivity (Wildman–Crippen MR) is 223 cm³/mol. The summed E-state index contributed by atoms with van der Waals surface area (Å²) in [6.07, 6.45) is -9.13. The van der Waals surface area contributed by atoms with E-state index in [2.05, 4.69) is 0 Å². The first-order chi connectivity index (χ1) is 32.0. The number of benzene rings is 4. The third kappa shape index (κ3) is 8.91. The molecule has 19 nitrogen and oxygen atoms in total. The van der Waals surface area contributed by atoms with E-state index in [1.54, 1.807) is 79.7 Å². The lowest BCUT2D eigenvalue weighted by molar-refractivity contribution is -0.367. The molecule has 10 atom stereocenters. The Hall–Kier alpha value is -6.51. The number of rotatable bonds is 15. The van der Waals surface area contributed by atoms with Crippen molar-refractivity contribution >= 4 is 17.7 Å². The Bertz CT molecular complexity index is 2380. The molecule has 19 heteroatoms. The number of methoxy groups -OCH3 is 4. The number of aromatic hydroxyl groups is 1. The number of phenols is 1. The van der Waals surface area contributed by atoms with Gasteiger partial charge >= 0.3 is 11.9 Å². The van der Waals surface area contributed by atoms with Gasteiger partial charge in [0.15, 0.2) is 66.8 Å². The van der Waals surface area contributed by atoms with Gasteiger partial charge in [-0.05, 0) is 96.4 Å². The number of hydrogen-bond acceptors (Lipinski definition) is 19. The fourth-order valence-corrected chi connectivity index (χ4v) is 8.88. The second-order valence-corrected chi connectivity index (χ2v) is 15.8. The van der Waals surface area contributed by atoms with Crippen molar-refractivity contribution in [3.05, 3.63) is 89.5 Å². The van der Waals surface area contributed by atoms with Crippen molar-refractivity contribution in [2.24, 2.45) is 5.92 Å². The van der Waals surface area contributed by atoms with Crippen LogP contribution in [0.2, 0.25) is 0 Å². The van der Waals surface area contributed by atoms with Crippen molar-refractivity contribution < 1.29 is 90.5 Å². The molecule has 350 valence electrons. The first-order valence-electron chi connectivity index (χ1n) is 21.1. The summed E-state index contributed by atoms with van der Waals surface area (Å²) in [5.74, 6) is -0.725. The van der Waals surface area contributed by atoms with E-state index in [-0.39, 0.29) is 43.0 Å². The van der Waals surface area contributed by atoms with E-state index in [1.807, 2.05) is 0 Å². The van der Waals surface area contributed by atoms with Crippen LogP contribution < -0.4 is 37.9 Å². The minimum atomic E-state index is -1.51. The monoisotopic (exact) mass is 916 g/mol. The Morgan fingerprint density at radius 1 is 0.682 bits per heavy atom. The topological polar surface area (TPSA) is 210 Å². The molecule has 0 radical (unpaired) electrons. The minimum absolute atomic E-state index is 0.0170. The standard InChI is InChI=1S/C47H48O19/c1-23-56-19-36-43(62-23)45(64-37(49)20-57-27-10-6-25(52-2)7-11-27)46(65-38(50)21-58-28-12-8-26(53-3)9-13-28)47(63-36)66-42-30-17-33-32(60-22-61-33)16-29(30)39(40-31(48)18-59-44(40)42)24-14-34(54-4)41(51)35(15-24)55-5/h6-17,23,36,39-40,42-47,51H,18-22H2,1-5H3/t23-,36-,39-,40-,42-,43-,44+,45+,46-,47+/m1/s1. The van der Waals surface area contributed by atoms with Crippen LogP contribution in [0.15, 0.2) is 72.8 Å². The molecule has 0 bridgehead atoms. The number of carbonyl (C=O) groups excluding carboxylic acids is 3. The molecule has 0 aromatic heterocycles. The van der Waals surface area contributed by atoms with Crippen LogP contribution in [0.25, 0.3) is 0 Å². The molecular formula is C47H48O19. The van der Waals surface area contributed by atoms with Gasteiger partial charge in [-0.15, -0.1) is 0 Å². The van der Waals surface area contributed by atoms with Crippen molar-refractivity contribution in [3.8, 4) is 51.7 Å². The van der Waals surface area contributed by atoms with Crippen molar-refractivity contribution in [1.82, 2.24) is 0 Å². The molecule has 4 aromatic carbocycles. The second-order valence-electron chi connectivity index (χ2n) is 15.8. The van der Waals surface area contributed by atoms with Gasteiger partial charge in [0, 0.05) is 5.92 Å². The van der Waals surface area contributed by atoms with Crippen molar-refractivity contribution in [2.45, 2.75) is 62.0 Å². The maximum absolute atomic E-state index is 14.1. The van der Waals surface area contributed by atoms with Gasteiger partial charge < -0.3 is 76.2 Å². The number of esters is 2. The highest BCUT2D eigenvalue weighted by atomic mass is 16.8. The molecule has 5 aliphatic rings. The normalized spacial score (nSPS) is 27.1. The summed E-state index contributed by atoms with van der Waals surface area (Å²) in [7, 11) is 5.88. The summed E-state index contributed by atoms with van der Waals surface area (Å²) >= 11 is 0. The Kier molecular flexibility index (Phi) is 13.0. The highest BCUT2D eigenvalue weighted by Crippen LogP contribution is 2.55. The molecule has 3 saturated heterocycles. The van der Waals surface area contributed by atoms with Gasteiger partial charge in [0.25, 0.3) is 0 Å². The average molecular weight is 917 g/mol. The first-order valence-corrected chi connectivity index (χ1v) is 21.1. The van der Waals surface area contributed by atoms with Gasteiger partial charge in [-0.3, -0.25) is 4.79 Å². The Labute approximate surface area is 378 Å². The molecule has 66 heavy (non-hydrogen) atoms. The van der Waals surface area contributed by atoms with Gasteiger partial charge in [0.05, 0.1) is 47.1 Å². The largest absolute Gasteiger partial charge is 0.502 e. The molecule has 4 aliphatic heterocycles. The number of hydrogen-bond donors (Lipinski definition) is 1. The number of ketones is 1.